The molecule has 1 heterocycles. The summed E-state index contributed by atoms with van der Waals surface area (Å²) >= 11 is 1.48. The second-order valence-electron chi connectivity index (χ2n) is 5.48. The summed E-state index contributed by atoms with van der Waals surface area (Å²) in [5, 5.41) is 2.93. The number of thioether (sulfide) groups is 1. The summed E-state index contributed by atoms with van der Waals surface area (Å²) in [6.45, 7) is 3.97. The van der Waals surface area contributed by atoms with Crippen molar-refractivity contribution in [3.8, 4) is 0 Å². The first kappa shape index (κ1) is 14.5. The van der Waals surface area contributed by atoms with E-state index in [9.17, 15) is 9.59 Å². The van der Waals surface area contributed by atoms with Gasteiger partial charge < -0.3 is 5.32 Å². The fourth-order valence-corrected chi connectivity index (χ4v) is 3.66. The number of urea groups is 2. The van der Waals surface area contributed by atoms with E-state index in [0.29, 0.717) is 0 Å². The monoisotopic (exact) mass is 285 g/mol. The maximum Gasteiger partial charge on any atom is 0.330 e. The number of rotatable bonds is 3. The lowest BCUT2D eigenvalue weighted by Gasteiger charge is -2.45. The van der Waals surface area contributed by atoms with Gasteiger partial charge in [-0.3, -0.25) is 4.90 Å². The van der Waals surface area contributed by atoms with Crippen molar-refractivity contribution in [1.29, 1.82) is 0 Å². The molecule has 0 spiro atoms. The molecule has 1 saturated heterocycles. The van der Waals surface area contributed by atoms with Crippen LogP contribution in [0.5, 0.6) is 0 Å². The van der Waals surface area contributed by atoms with Crippen LogP contribution in [0.4, 0.5) is 9.59 Å². The van der Waals surface area contributed by atoms with Gasteiger partial charge in [0.25, 0.3) is 0 Å². The fraction of sp³-hybridized carbons (Fsp3) is 0.846. The SMILES string of the molecule is CSC1NC(=O)N(C2CCCCC2)C(=O)N1C(C)C. The molecular weight excluding hydrogens is 262 g/mol. The molecule has 1 N–H and O–H groups in total. The topological polar surface area (TPSA) is 52.7 Å². The Hall–Kier alpha value is -0.910. The van der Waals surface area contributed by atoms with Crippen molar-refractivity contribution < 1.29 is 9.59 Å². The van der Waals surface area contributed by atoms with Crippen molar-refractivity contribution in [2.24, 2.45) is 0 Å². The highest BCUT2D eigenvalue weighted by molar-refractivity contribution is 7.99. The van der Waals surface area contributed by atoms with Gasteiger partial charge in [-0.15, -0.1) is 11.8 Å². The summed E-state index contributed by atoms with van der Waals surface area (Å²) in [5.74, 6) is 0. The highest BCUT2D eigenvalue weighted by atomic mass is 32.2. The largest absolute Gasteiger partial charge is 0.330 e. The van der Waals surface area contributed by atoms with Crippen LogP contribution in [0.25, 0.3) is 0 Å². The van der Waals surface area contributed by atoms with E-state index in [1.807, 2.05) is 20.1 Å². The second kappa shape index (κ2) is 6.03. The van der Waals surface area contributed by atoms with Crippen molar-refractivity contribution in [1.82, 2.24) is 15.1 Å². The normalized spacial score (nSPS) is 26.0. The van der Waals surface area contributed by atoms with Crippen LogP contribution in [0.3, 0.4) is 0 Å². The molecule has 0 radical (unpaired) electrons. The summed E-state index contributed by atoms with van der Waals surface area (Å²) in [6.07, 6.45) is 7.21. The van der Waals surface area contributed by atoms with Gasteiger partial charge >= 0.3 is 12.1 Å². The first-order chi connectivity index (χ1) is 9.06. The first-order valence-electron chi connectivity index (χ1n) is 7.01. The van der Waals surface area contributed by atoms with Crippen molar-refractivity contribution in [2.75, 3.05) is 6.26 Å². The van der Waals surface area contributed by atoms with E-state index in [2.05, 4.69) is 5.32 Å². The van der Waals surface area contributed by atoms with Crippen LogP contribution in [0.15, 0.2) is 0 Å². The van der Waals surface area contributed by atoms with Crippen LogP contribution >= 0.6 is 11.8 Å². The van der Waals surface area contributed by atoms with Gasteiger partial charge in [0.05, 0.1) is 0 Å². The summed E-state index contributed by atoms with van der Waals surface area (Å²) in [4.78, 5) is 28.0. The lowest BCUT2D eigenvalue weighted by atomic mass is 9.94. The number of hydrogen-bond acceptors (Lipinski definition) is 3. The minimum atomic E-state index is -0.250. The van der Waals surface area contributed by atoms with Gasteiger partial charge in [0.15, 0.2) is 5.50 Å². The van der Waals surface area contributed by atoms with Gasteiger partial charge in [0, 0.05) is 12.1 Å². The van der Waals surface area contributed by atoms with Gasteiger partial charge in [0.1, 0.15) is 0 Å². The number of amides is 4. The predicted molar refractivity (Wildman–Crippen MR) is 76.9 cm³/mol. The standard InChI is InChI=1S/C13H23N3O2S/c1-9(2)15-12(19-3)14-11(17)16(13(15)18)10-7-5-4-6-8-10/h9-10,12H,4-8H2,1-3H3,(H,14,17). The Morgan fingerprint density at radius 1 is 1.21 bits per heavy atom. The van der Waals surface area contributed by atoms with E-state index in [4.69, 9.17) is 0 Å². The number of hydrogen-bond donors (Lipinski definition) is 1. The van der Waals surface area contributed by atoms with Gasteiger partial charge in [-0.2, -0.15) is 0 Å². The molecule has 2 rings (SSSR count). The molecule has 0 aromatic rings. The molecule has 4 amide bonds. The Kier molecular flexibility index (Phi) is 4.60. The first-order valence-corrected chi connectivity index (χ1v) is 8.30. The second-order valence-corrected chi connectivity index (χ2v) is 6.40. The third-order valence-electron chi connectivity index (χ3n) is 3.86. The molecule has 1 aliphatic heterocycles. The maximum absolute atomic E-state index is 12.6. The lowest BCUT2D eigenvalue weighted by Crippen LogP contribution is -2.67. The van der Waals surface area contributed by atoms with Gasteiger partial charge in [-0.1, -0.05) is 19.3 Å². The summed E-state index contributed by atoms with van der Waals surface area (Å²) in [6, 6.07) is -0.208. The van der Waals surface area contributed by atoms with Crippen LogP contribution in [0, 0.1) is 0 Å². The van der Waals surface area contributed by atoms with Crippen LogP contribution < -0.4 is 5.32 Å². The summed E-state index contributed by atoms with van der Waals surface area (Å²) in [5.41, 5.74) is -0.250. The zero-order valence-corrected chi connectivity index (χ0v) is 12.7. The molecule has 0 aromatic carbocycles. The number of imide groups is 1. The zero-order valence-electron chi connectivity index (χ0n) is 11.9. The van der Waals surface area contributed by atoms with E-state index in [-0.39, 0.29) is 29.6 Å². The van der Waals surface area contributed by atoms with Gasteiger partial charge in [-0.05, 0) is 32.9 Å². The molecular formula is C13H23N3O2S. The highest BCUT2D eigenvalue weighted by Crippen LogP contribution is 2.28. The minimum absolute atomic E-state index is 0.0744. The predicted octanol–water partition coefficient (Wildman–Crippen LogP) is 2.82. The molecule has 6 heteroatoms. The molecule has 5 nitrogen and oxygen atoms in total. The van der Waals surface area contributed by atoms with Gasteiger partial charge in [-0.25, -0.2) is 14.5 Å². The van der Waals surface area contributed by atoms with Crippen molar-refractivity contribution in [3.63, 3.8) is 0 Å². The molecule has 1 unspecified atom stereocenters. The van der Waals surface area contributed by atoms with E-state index in [0.717, 1.165) is 25.7 Å². The van der Waals surface area contributed by atoms with E-state index < -0.39 is 0 Å². The average molecular weight is 285 g/mol. The average Bonchev–Trinajstić information content (AvgIpc) is 2.38. The minimum Gasteiger partial charge on any atom is -0.308 e. The molecule has 1 atom stereocenters. The lowest BCUT2D eigenvalue weighted by molar-refractivity contribution is 0.0895. The third kappa shape index (κ3) is 2.83. The van der Waals surface area contributed by atoms with Crippen LogP contribution in [-0.4, -0.2) is 45.7 Å². The molecule has 108 valence electrons. The fourth-order valence-electron chi connectivity index (χ4n) is 2.88. The molecule has 19 heavy (non-hydrogen) atoms. The number of carbonyl (C=O) groups excluding carboxylic acids is 2. The molecule has 1 saturated carbocycles. The third-order valence-corrected chi connectivity index (χ3v) is 4.66. The summed E-state index contributed by atoms with van der Waals surface area (Å²) < 4.78 is 0. The Balaban J connectivity index is 2.19. The van der Waals surface area contributed by atoms with Crippen molar-refractivity contribution in [3.05, 3.63) is 0 Å². The highest BCUT2D eigenvalue weighted by Gasteiger charge is 2.42. The van der Waals surface area contributed by atoms with E-state index in [1.54, 1.807) is 4.90 Å². The van der Waals surface area contributed by atoms with E-state index >= 15 is 0 Å². The Bertz CT molecular complexity index is 356. The Morgan fingerprint density at radius 3 is 2.37 bits per heavy atom. The molecule has 2 fully saturated rings. The number of nitrogens with zero attached hydrogens (tertiary/aromatic N) is 2. The smallest absolute Gasteiger partial charge is 0.308 e. The van der Waals surface area contributed by atoms with Crippen molar-refractivity contribution >= 4 is 23.8 Å². The molecule has 1 aliphatic carbocycles. The van der Waals surface area contributed by atoms with Crippen molar-refractivity contribution in [2.45, 2.75) is 63.5 Å². The quantitative estimate of drug-likeness (QED) is 0.867. The number of carbonyl (C=O) groups is 2. The molecule has 0 bridgehead atoms. The maximum atomic E-state index is 12.6. The van der Waals surface area contributed by atoms with Gasteiger partial charge in [0.2, 0.25) is 0 Å². The summed E-state index contributed by atoms with van der Waals surface area (Å²) in [7, 11) is 0. The number of nitrogens with one attached hydrogen (secondary N) is 1. The zero-order chi connectivity index (χ0) is 14.0. The van der Waals surface area contributed by atoms with Crippen LogP contribution in [0.1, 0.15) is 46.0 Å². The molecule has 0 aromatic heterocycles. The van der Waals surface area contributed by atoms with Crippen LogP contribution in [-0.2, 0) is 0 Å². The van der Waals surface area contributed by atoms with Crippen LogP contribution in [0.2, 0.25) is 0 Å². The van der Waals surface area contributed by atoms with E-state index in [1.165, 1.54) is 23.1 Å². The Morgan fingerprint density at radius 2 is 1.84 bits per heavy atom. The Labute approximate surface area is 119 Å². The molecule has 2 aliphatic rings.